The molecule has 0 aliphatic heterocycles. The van der Waals surface area contributed by atoms with Crippen molar-refractivity contribution in [1.29, 1.82) is 10.5 Å². The molecule has 6 aromatic carbocycles. The van der Waals surface area contributed by atoms with Crippen molar-refractivity contribution >= 4 is 38.6 Å². The highest BCUT2D eigenvalue weighted by molar-refractivity contribution is 5.92. The number of anilines is 3. The van der Waals surface area contributed by atoms with Crippen LogP contribution in [0.2, 0.25) is 0 Å². The van der Waals surface area contributed by atoms with Gasteiger partial charge in [0.25, 0.3) is 0 Å². The molecular weight excluding hydrogens is 450 g/mol. The van der Waals surface area contributed by atoms with E-state index in [9.17, 15) is 10.5 Å². The van der Waals surface area contributed by atoms with Crippen LogP contribution in [0, 0.1) is 22.7 Å². The number of hydrogen-bond acceptors (Lipinski definition) is 3. The predicted molar refractivity (Wildman–Crippen MR) is 151 cm³/mol. The van der Waals surface area contributed by atoms with Crippen molar-refractivity contribution in [2.75, 3.05) is 4.90 Å². The quantitative estimate of drug-likeness (QED) is 0.258. The Kier molecular flexibility index (Phi) is 5.58. The minimum Gasteiger partial charge on any atom is -0.310 e. The zero-order chi connectivity index (χ0) is 25.2. The molecular formula is C34H21N3. The van der Waals surface area contributed by atoms with Crippen molar-refractivity contribution in [2.45, 2.75) is 0 Å². The van der Waals surface area contributed by atoms with Gasteiger partial charge in [-0.2, -0.15) is 10.5 Å². The van der Waals surface area contributed by atoms with E-state index in [0.29, 0.717) is 11.1 Å². The number of hydrogen-bond donors (Lipinski definition) is 0. The van der Waals surface area contributed by atoms with Gasteiger partial charge >= 0.3 is 0 Å². The number of nitrogens with zero attached hydrogens (tertiary/aromatic N) is 3. The molecule has 0 fully saturated rings. The number of fused-ring (bicyclic) bond motifs is 2. The molecule has 0 aliphatic carbocycles. The summed E-state index contributed by atoms with van der Waals surface area (Å²) in [6.45, 7) is 0. The van der Waals surface area contributed by atoms with E-state index in [1.807, 2.05) is 6.07 Å². The van der Waals surface area contributed by atoms with Crippen LogP contribution in [0.15, 0.2) is 127 Å². The standard InChI is InChI=1S/C34H21N3/c35-22-30-10-9-29(19-31(30)23-36)26-11-15-32(16-12-26)37(33-17-13-24-5-1-3-7-27(24)20-33)34-18-14-25-6-2-4-8-28(25)21-34/h1-21H. The van der Waals surface area contributed by atoms with Gasteiger partial charge in [-0.3, -0.25) is 0 Å². The first-order valence-electron chi connectivity index (χ1n) is 12.1. The van der Waals surface area contributed by atoms with Gasteiger partial charge in [0.15, 0.2) is 0 Å². The zero-order valence-electron chi connectivity index (χ0n) is 20.0. The van der Waals surface area contributed by atoms with Gasteiger partial charge in [0.05, 0.1) is 11.1 Å². The Hall–Kier alpha value is -5.38. The summed E-state index contributed by atoms with van der Waals surface area (Å²) in [5, 5.41) is 23.5. The second kappa shape index (κ2) is 9.34. The molecule has 0 amide bonds. The van der Waals surface area contributed by atoms with Gasteiger partial charge in [0.1, 0.15) is 12.1 Å². The SMILES string of the molecule is N#Cc1ccc(-c2ccc(N(c3ccc4ccccc4c3)c3ccc4ccccc4c3)cc2)cc1C#N. The molecule has 3 heteroatoms. The summed E-state index contributed by atoms with van der Waals surface area (Å²) in [6.07, 6.45) is 0. The Bertz CT molecular complexity index is 1770. The van der Waals surface area contributed by atoms with E-state index < -0.39 is 0 Å². The molecule has 6 rings (SSSR count). The summed E-state index contributed by atoms with van der Waals surface area (Å²) in [5.41, 5.74) is 5.86. The van der Waals surface area contributed by atoms with Crippen LogP contribution in [0.3, 0.4) is 0 Å². The molecule has 0 aromatic heterocycles. The van der Waals surface area contributed by atoms with Gasteiger partial charge in [-0.15, -0.1) is 0 Å². The highest BCUT2D eigenvalue weighted by atomic mass is 15.1. The first-order valence-corrected chi connectivity index (χ1v) is 12.1. The topological polar surface area (TPSA) is 50.8 Å². The van der Waals surface area contributed by atoms with Crippen molar-refractivity contribution < 1.29 is 0 Å². The molecule has 0 aliphatic rings. The van der Waals surface area contributed by atoms with Gasteiger partial charge in [-0.25, -0.2) is 0 Å². The lowest BCUT2D eigenvalue weighted by molar-refractivity contribution is 1.29. The van der Waals surface area contributed by atoms with E-state index in [1.54, 1.807) is 12.1 Å². The number of benzene rings is 6. The summed E-state index contributed by atoms with van der Waals surface area (Å²) in [7, 11) is 0. The Morgan fingerprint density at radius 1 is 0.405 bits per heavy atom. The van der Waals surface area contributed by atoms with Crippen molar-refractivity contribution in [3.63, 3.8) is 0 Å². The molecule has 0 saturated heterocycles. The lowest BCUT2D eigenvalue weighted by atomic mass is 9.99. The summed E-state index contributed by atoms with van der Waals surface area (Å²) < 4.78 is 0. The molecule has 0 N–H and O–H groups in total. The molecule has 3 nitrogen and oxygen atoms in total. The average Bonchev–Trinajstić information content (AvgIpc) is 2.97. The van der Waals surface area contributed by atoms with Gasteiger partial charge in [-0.1, -0.05) is 78.9 Å². The summed E-state index contributed by atoms with van der Waals surface area (Å²) in [4.78, 5) is 2.27. The monoisotopic (exact) mass is 471 g/mol. The maximum absolute atomic E-state index is 9.43. The van der Waals surface area contributed by atoms with Crippen LogP contribution in [0.1, 0.15) is 11.1 Å². The van der Waals surface area contributed by atoms with Gasteiger partial charge < -0.3 is 4.90 Å². The molecule has 37 heavy (non-hydrogen) atoms. The molecule has 0 unspecified atom stereocenters. The van der Waals surface area contributed by atoms with E-state index >= 15 is 0 Å². The first kappa shape index (κ1) is 22.1. The van der Waals surface area contributed by atoms with E-state index in [-0.39, 0.29) is 0 Å². The Morgan fingerprint density at radius 3 is 1.43 bits per heavy atom. The summed E-state index contributed by atoms with van der Waals surface area (Å²) >= 11 is 0. The predicted octanol–water partition coefficient (Wildman–Crippen LogP) is 8.87. The first-order chi connectivity index (χ1) is 18.2. The van der Waals surface area contributed by atoms with E-state index in [1.165, 1.54) is 21.5 Å². The van der Waals surface area contributed by atoms with E-state index in [0.717, 1.165) is 28.2 Å². The second-order valence-corrected chi connectivity index (χ2v) is 8.93. The minimum atomic E-state index is 0.387. The highest BCUT2D eigenvalue weighted by Crippen LogP contribution is 2.38. The maximum atomic E-state index is 9.43. The Morgan fingerprint density at radius 2 is 0.892 bits per heavy atom. The smallest absolute Gasteiger partial charge is 0.101 e. The molecule has 172 valence electrons. The average molecular weight is 472 g/mol. The Balaban J connectivity index is 1.47. The fourth-order valence-electron chi connectivity index (χ4n) is 4.80. The third kappa shape index (κ3) is 4.16. The molecule has 0 heterocycles. The molecule has 0 bridgehead atoms. The molecule has 0 radical (unpaired) electrons. The zero-order valence-corrected chi connectivity index (χ0v) is 20.0. The minimum absolute atomic E-state index is 0.387. The maximum Gasteiger partial charge on any atom is 0.101 e. The summed E-state index contributed by atoms with van der Waals surface area (Å²) in [5.74, 6) is 0. The fourth-order valence-corrected chi connectivity index (χ4v) is 4.80. The molecule has 0 saturated carbocycles. The van der Waals surface area contributed by atoms with Crippen LogP contribution in [0.25, 0.3) is 32.7 Å². The third-order valence-electron chi connectivity index (χ3n) is 6.70. The normalized spacial score (nSPS) is 10.6. The van der Waals surface area contributed by atoms with Crippen LogP contribution in [-0.2, 0) is 0 Å². The van der Waals surface area contributed by atoms with Gasteiger partial charge in [-0.05, 0) is 81.2 Å². The highest BCUT2D eigenvalue weighted by Gasteiger charge is 2.14. The number of rotatable bonds is 4. The second-order valence-electron chi connectivity index (χ2n) is 8.93. The lowest BCUT2D eigenvalue weighted by Gasteiger charge is -2.26. The van der Waals surface area contributed by atoms with Crippen molar-refractivity contribution in [3.05, 3.63) is 139 Å². The molecule has 0 atom stereocenters. The third-order valence-corrected chi connectivity index (χ3v) is 6.70. The summed E-state index contributed by atoms with van der Waals surface area (Å²) in [6, 6.07) is 47.8. The van der Waals surface area contributed by atoms with Crippen LogP contribution in [-0.4, -0.2) is 0 Å². The van der Waals surface area contributed by atoms with Crippen molar-refractivity contribution in [2.24, 2.45) is 0 Å². The number of nitriles is 2. The molecule has 6 aromatic rings. The van der Waals surface area contributed by atoms with Gasteiger partial charge in [0, 0.05) is 17.1 Å². The van der Waals surface area contributed by atoms with Gasteiger partial charge in [0.2, 0.25) is 0 Å². The van der Waals surface area contributed by atoms with Crippen LogP contribution >= 0.6 is 0 Å². The largest absolute Gasteiger partial charge is 0.310 e. The van der Waals surface area contributed by atoms with Crippen LogP contribution in [0.4, 0.5) is 17.1 Å². The van der Waals surface area contributed by atoms with Crippen molar-refractivity contribution in [3.8, 4) is 23.3 Å². The van der Waals surface area contributed by atoms with E-state index in [4.69, 9.17) is 0 Å². The Labute approximate surface area is 215 Å². The van der Waals surface area contributed by atoms with E-state index in [2.05, 4.69) is 126 Å². The lowest BCUT2D eigenvalue weighted by Crippen LogP contribution is -2.09. The molecule has 0 spiro atoms. The van der Waals surface area contributed by atoms with Crippen molar-refractivity contribution in [1.82, 2.24) is 0 Å². The van der Waals surface area contributed by atoms with Crippen LogP contribution in [0.5, 0.6) is 0 Å². The van der Waals surface area contributed by atoms with Crippen LogP contribution < -0.4 is 4.90 Å². The fraction of sp³-hybridized carbons (Fsp3) is 0.